The van der Waals surface area contributed by atoms with Gasteiger partial charge in [-0.1, -0.05) is 22.8 Å². The Kier molecular flexibility index (Phi) is 5.28. The van der Waals surface area contributed by atoms with Crippen LogP contribution in [0.15, 0.2) is 42.1 Å². The fourth-order valence-corrected chi connectivity index (χ4v) is 1.83. The third-order valence-electron chi connectivity index (χ3n) is 2.75. The molecule has 0 radical (unpaired) electrons. The number of rotatable bonds is 6. The first kappa shape index (κ1) is 15.0. The molecular formula is C13H15ClN6O. The van der Waals surface area contributed by atoms with Gasteiger partial charge in [0, 0.05) is 31.9 Å². The summed E-state index contributed by atoms with van der Waals surface area (Å²) >= 11 is 5.80. The van der Waals surface area contributed by atoms with Crippen molar-refractivity contribution in [3.63, 3.8) is 0 Å². The predicted molar refractivity (Wildman–Crippen MR) is 80.4 cm³/mol. The molecule has 2 aromatic heterocycles. The van der Waals surface area contributed by atoms with E-state index in [2.05, 4.69) is 20.1 Å². The van der Waals surface area contributed by atoms with E-state index in [1.54, 1.807) is 12.4 Å². The molecule has 0 saturated heterocycles. The lowest BCUT2D eigenvalue weighted by Crippen LogP contribution is -2.29. The molecule has 110 valence electrons. The molecule has 3 N–H and O–H groups in total. The smallest absolute Gasteiger partial charge is 0.225 e. The van der Waals surface area contributed by atoms with Crippen molar-refractivity contribution in [1.29, 1.82) is 0 Å². The quantitative estimate of drug-likeness (QED) is 0.364. The highest BCUT2D eigenvalue weighted by atomic mass is 35.5. The van der Waals surface area contributed by atoms with Crippen LogP contribution in [0.5, 0.6) is 0 Å². The summed E-state index contributed by atoms with van der Waals surface area (Å²) in [5.41, 5.74) is 6.53. The number of anilines is 1. The van der Waals surface area contributed by atoms with E-state index in [1.165, 1.54) is 12.4 Å². The van der Waals surface area contributed by atoms with Crippen molar-refractivity contribution in [2.75, 3.05) is 11.4 Å². The van der Waals surface area contributed by atoms with Gasteiger partial charge in [-0.3, -0.25) is 4.98 Å². The molecule has 0 spiro atoms. The second kappa shape index (κ2) is 7.39. The van der Waals surface area contributed by atoms with Crippen LogP contribution >= 0.6 is 11.6 Å². The molecule has 2 heterocycles. The van der Waals surface area contributed by atoms with E-state index in [9.17, 15) is 0 Å². The van der Waals surface area contributed by atoms with Gasteiger partial charge in [-0.25, -0.2) is 9.97 Å². The Morgan fingerprint density at radius 1 is 1.33 bits per heavy atom. The molecule has 7 nitrogen and oxygen atoms in total. The number of pyridine rings is 1. The molecule has 0 amide bonds. The Bertz CT molecular complexity index is 589. The van der Waals surface area contributed by atoms with Crippen molar-refractivity contribution in [3.05, 3.63) is 47.5 Å². The van der Waals surface area contributed by atoms with Crippen LogP contribution in [0, 0.1) is 0 Å². The second-order valence-corrected chi connectivity index (χ2v) is 4.76. The monoisotopic (exact) mass is 306 g/mol. The number of aromatic nitrogens is 3. The van der Waals surface area contributed by atoms with Crippen molar-refractivity contribution >= 4 is 23.4 Å². The molecule has 0 aliphatic heterocycles. The van der Waals surface area contributed by atoms with Gasteiger partial charge in [0.05, 0.1) is 17.4 Å². The number of hydrogen-bond donors (Lipinski definition) is 2. The van der Waals surface area contributed by atoms with Crippen molar-refractivity contribution in [1.82, 2.24) is 15.0 Å². The Labute approximate surface area is 127 Å². The summed E-state index contributed by atoms with van der Waals surface area (Å²) < 4.78 is 0. The van der Waals surface area contributed by atoms with E-state index in [0.717, 1.165) is 5.56 Å². The maximum absolute atomic E-state index is 8.63. The highest BCUT2D eigenvalue weighted by Crippen LogP contribution is 2.14. The van der Waals surface area contributed by atoms with Crippen LogP contribution in [0.2, 0.25) is 5.02 Å². The van der Waals surface area contributed by atoms with Gasteiger partial charge in [0.2, 0.25) is 5.95 Å². The minimum Gasteiger partial charge on any atom is -0.409 e. The van der Waals surface area contributed by atoms with Gasteiger partial charge in [0.15, 0.2) is 0 Å². The van der Waals surface area contributed by atoms with Crippen LogP contribution < -0.4 is 10.6 Å². The molecule has 0 bridgehead atoms. The van der Waals surface area contributed by atoms with Crippen LogP contribution in [0.4, 0.5) is 5.95 Å². The van der Waals surface area contributed by atoms with E-state index >= 15 is 0 Å². The number of hydrogen-bond acceptors (Lipinski definition) is 6. The van der Waals surface area contributed by atoms with Crippen LogP contribution in [0.25, 0.3) is 0 Å². The predicted octanol–water partition coefficient (Wildman–Crippen LogP) is 1.67. The van der Waals surface area contributed by atoms with Gasteiger partial charge in [-0.15, -0.1) is 0 Å². The largest absolute Gasteiger partial charge is 0.409 e. The summed E-state index contributed by atoms with van der Waals surface area (Å²) in [5.74, 6) is 0.675. The molecule has 21 heavy (non-hydrogen) atoms. The van der Waals surface area contributed by atoms with E-state index in [4.69, 9.17) is 22.5 Å². The molecule has 8 heteroatoms. The maximum Gasteiger partial charge on any atom is 0.225 e. The topological polar surface area (TPSA) is 101 Å². The number of nitrogens with zero attached hydrogens (tertiary/aromatic N) is 5. The molecule has 0 fully saturated rings. The summed E-state index contributed by atoms with van der Waals surface area (Å²) in [4.78, 5) is 14.4. The van der Waals surface area contributed by atoms with Gasteiger partial charge in [0.1, 0.15) is 5.84 Å². The molecule has 0 unspecified atom stereocenters. The van der Waals surface area contributed by atoms with Gasteiger partial charge < -0.3 is 15.8 Å². The lowest BCUT2D eigenvalue weighted by Gasteiger charge is -2.22. The van der Waals surface area contributed by atoms with Gasteiger partial charge in [0.25, 0.3) is 0 Å². The third-order valence-corrected chi connectivity index (χ3v) is 2.95. The number of nitrogens with two attached hydrogens (primary N) is 1. The van der Waals surface area contributed by atoms with Gasteiger partial charge in [-0.05, 0) is 11.6 Å². The van der Waals surface area contributed by atoms with E-state index in [1.807, 2.05) is 17.0 Å². The van der Waals surface area contributed by atoms with E-state index in [-0.39, 0.29) is 5.84 Å². The van der Waals surface area contributed by atoms with Crippen molar-refractivity contribution in [2.24, 2.45) is 10.9 Å². The Balaban J connectivity index is 2.15. The van der Waals surface area contributed by atoms with E-state index in [0.29, 0.717) is 30.5 Å². The van der Waals surface area contributed by atoms with Crippen LogP contribution in [-0.4, -0.2) is 32.5 Å². The minimum absolute atomic E-state index is 0.153. The van der Waals surface area contributed by atoms with Crippen LogP contribution in [-0.2, 0) is 6.54 Å². The molecule has 0 atom stereocenters. The lowest BCUT2D eigenvalue weighted by molar-refractivity contribution is 0.317. The average molecular weight is 307 g/mol. The fourth-order valence-electron chi connectivity index (χ4n) is 1.73. The average Bonchev–Trinajstić information content (AvgIpc) is 2.53. The zero-order valence-corrected chi connectivity index (χ0v) is 12.0. The van der Waals surface area contributed by atoms with Crippen molar-refractivity contribution in [2.45, 2.75) is 13.0 Å². The Hall–Kier alpha value is -2.41. The molecule has 0 aromatic carbocycles. The minimum atomic E-state index is 0.153. The summed E-state index contributed by atoms with van der Waals surface area (Å²) in [6, 6.07) is 3.82. The molecule has 2 rings (SSSR count). The second-order valence-electron chi connectivity index (χ2n) is 4.33. The number of amidine groups is 1. The first-order valence-corrected chi connectivity index (χ1v) is 6.64. The van der Waals surface area contributed by atoms with Gasteiger partial charge in [-0.2, -0.15) is 0 Å². The highest BCUT2D eigenvalue weighted by Gasteiger charge is 2.11. The number of oxime groups is 1. The summed E-state index contributed by atoms with van der Waals surface area (Å²) in [6.45, 7) is 1.07. The van der Waals surface area contributed by atoms with Crippen molar-refractivity contribution in [3.8, 4) is 0 Å². The molecule has 0 aliphatic carbocycles. The van der Waals surface area contributed by atoms with Crippen LogP contribution in [0.3, 0.4) is 0 Å². The van der Waals surface area contributed by atoms with Gasteiger partial charge >= 0.3 is 0 Å². The molecule has 0 saturated carbocycles. The Morgan fingerprint density at radius 2 is 2.10 bits per heavy atom. The molecular weight excluding hydrogens is 292 g/mol. The summed E-state index contributed by atoms with van der Waals surface area (Å²) in [5, 5.41) is 12.1. The SMILES string of the molecule is N/C(CCN(Cc1cccnc1)c1ncc(Cl)cn1)=N/O. The first-order chi connectivity index (χ1) is 10.2. The maximum atomic E-state index is 8.63. The lowest BCUT2D eigenvalue weighted by atomic mass is 10.2. The van der Waals surface area contributed by atoms with Crippen LogP contribution in [0.1, 0.15) is 12.0 Å². The molecule has 0 aliphatic rings. The molecule has 2 aromatic rings. The first-order valence-electron chi connectivity index (χ1n) is 6.27. The van der Waals surface area contributed by atoms with Crippen molar-refractivity contribution < 1.29 is 5.21 Å². The fraction of sp³-hybridized carbons (Fsp3) is 0.231. The zero-order chi connectivity index (χ0) is 15.1. The highest BCUT2D eigenvalue weighted by molar-refractivity contribution is 6.30. The third kappa shape index (κ3) is 4.57. The summed E-state index contributed by atoms with van der Waals surface area (Å²) in [6.07, 6.45) is 6.94. The standard InChI is InChI=1S/C13H15ClN6O/c14-11-7-17-13(18-8-11)20(5-3-12(15)19-21)9-10-2-1-4-16-6-10/h1-2,4,6-8,21H,3,5,9H2,(H2,15,19). The Morgan fingerprint density at radius 3 is 2.71 bits per heavy atom. The zero-order valence-electron chi connectivity index (χ0n) is 11.2. The summed E-state index contributed by atoms with van der Waals surface area (Å²) in [7, 11) is 0. The normalized spacial score (nSPS) is 11.4. The number of halogens is 1. The van der Waals surface area contributed by atoms with E-state index < -0.39 is 0 Å².